The van der Waals surface area contributed by atoms with Gasteiger partial charge in [-0.05, 0) is 13.8 Å². The summed E-state index contributed by atoms with van der Waals surface area (Å²) in [4.78, 5) is 10.2. The summed E-state index contributed by atoms with van der Waals surface area (Å²) in [6, 6.07) is 0. The number of amides is 1. The van der Waals surface area contributed by atoms with Crippen molar-refractivity contribution in [2.75, 3.05) is 46.2 Å². The molecule has 0 rings (SSSR count). The van der Waals surface area contributed by atoms with Crippen LogP contribution < -0.4 is 11.5 Å². The first-order valence-electron chi connectivity index (χ1n) is 6.46. The lowest BCUT2D eigenvalue weighted by Gasteiger charge is -2.28. The van der Waals surface area contributed by atoms with E-state index < -0.39 is 17.9 Å². The van der Waals surface area contributed by atoms with Crippen molar-refractivity contribution in [3.8, 4) is 0 Å². The van der Waals surface area contributed by atoms with Gasteiger partial charge in [-0.3, -0.25) is 0 Å². The molecule has 1 amide bonds. The fourth-order valence-electron chi connectivity index (χ4n) is 1.26. The maximum atomic E-state index is 13.4. The second kappa shape index (κ2) is 10.8. The number of carbonyl (C=O) groups excluding carboxylic acids is 1. The predicted molar refractivity (Wildman–Crippen MR) is 71.2 cm³/mol. The monoisotopic (exact) mass is 296 g/mol. The Kier molecular flexibility index (Phi) is 10.3. The summed E-state index contributed by atoms with van der Waals surface area (Å²) >= 11 is 0. The largest absolute Gasteiger partial charge is 0.447 e. The van der Waals surface area contributed by atoms with Crippen molar-refractivity contribution in [3.05, 3.63) is 0 Å². The molecular formula is C12H25FN2O5. The Morgan fingerprint density at radius 3 is 2.10 bits per heavy atom. The van der Waals surface area contributed by atoms with Crippen LogP contribution in [0.3, 0.4) is 0 Å². The molecule has 0 aromatic rings. The Balaban J connectivity index is 3.34. The highest BCUT2D eigenvalue weighted by atomic mass is 19.1. The lowest BCUT2D eigenvalue weighted by molar-refractivity contribution is -0.0881. The van der Waals surface area contributed by atoms with Crippen molar-refractivity contribution in [1.29, 1.82) is 0 Å². The Morgan fingerprint density at radius 1 is 1.10 bits per heavy atom. The number of halogens is 1. The molecule has 0 aromatic carbocycles. The molecule has 7 nitrogen and oxygen atoms in total. The van der Waals surface area contributed by atoms with Crippen LogP contribution in [0.1, 0.15) is 13.8 Å². The van der Waals surface area contributed by atoms with Crippen molar-refractivity contribution >= 4 is 6.09 Å². The molecule has 4 N–H and O–H groups in total. The summed E-state index contributed by atoms with van der Waals surface area (Å²) in [6.07, 6.45) is -2.04. The van der Waals surface area contributed by atoms with Gasteiger partial charge in [-0.1, -0.05) is 0 Å². The maximum absolute atomic E-state index is 13.4. The van der Waals surface area contributed by atoms with E-state index in [1.54, 1.807) is 13.8 Å². The topological polar surface area (TPSA) is 106 Å². The van der Waals surface area contributed by atoms with Crippen LogP contribution in [0.25, 0.3) is 0 Å². The molecule has 0 fully saturated rings. The molecule has 0 heterocycles. The molecule has 0 aromatic heterocycles. The Morgan fingerprint density at radius 2 is 1.60 bits per heavy atom. The van der Waals surface area contributed by atoms with Crippen LogP contribution in [0.4, 0.5) is 9.18 Å². The molecule has 0 spiro atoms. The van der Waals surface area contributed by atoms with Crippen LogP contribution in [-0.2, 0) is 18.9 Å². The van der Waals surface area contributed by atoms with Gasteiger partial charge in [-0.15, -0.1) is 0 Å². The summed E-state index contributed by atoms with van der Waals surface area (Å²) in [5, 5.41) is 0. The van der Waals surface area contributed by atoms with E-state index in [2.05, 4.69) is 4.74 Å². The van der Waals surface area contributed by atoms with E-state index in [9.17, 15) is 9.18 Å². The lowest BCUT2D eigenvalue weighted by Crippen LogP contribution is -2.41. The highest BCUT2D eigenvalue weighted by Crippen LogP contribution is 2.16. The highest BCUT2D eigenvalue weighted by molar-refractivity contribution is 5.64. The number of rotatable bonds is 12. The molecule has 0 saturated carbocycles. The van der Waals surface area contributed by atoms with Crippen molar-refractivity contribution in [2.45, 2.75) is 25.6 Å². The highest BCUT2D eigenvalue weighted by Gasteiger charge is 2.28. The van der Waals surface area contributed by atoms with Crippen LogP contribution in [0.5, 0.6) is 0 Å². The van der Waals surface area contributed by atoms with E-state index in [1.165, 1.54) is 0 Å². The van der Waals surface area contributed by atoms with Crippen LogP contribution in [0.2, 0.25) is 0 Å². The van der Waals surface area contributed by atoms with Gasteiger partial charge in [0.15, 0.2) is 0 Å². The molecule has 1 atom stereocenters. The molecule has 1 unspecified atom stereocenters. The zero-order valence-corrected chi connectivity index (χ0v) is 12.1. The summed E-state index contributed by atoms with van der Waals surface area (Å²) in [5.41, 5.74) is 9.09. The molecule has 0 aliphatic rings. The van der Waals surface area contributed by atoms with Gasteiger partial charge in [-0.25, -0.2) is 9.18 Å². The van der Waals surface area contributed by atoms with E-state index >= 15 is 0 Å². The third-order valence-corrected chi connectivity index (χ3v) is 2.51. The zero-order valence-electron chi connectivity index (χ0n) is 12.1. The van der Waals surface area contributed by atoms with Gasteiger partial charge < -0.3 is 30.4 Å². The SMILES string of the molecule is CC(C)(OCCOCCOCCOC(N)=O)C(F)CN. The smallest absolute Gasteiger partial charge is 0.404 e. The molecular weight excluding hydrogens is 271 g/mol. The summed E-state index contributed by atoms with van der Waals surface area (Å²) in [6.45, 7) is 4.93. The quantitative estimate of drug-likeness (QED) is 0.499. The maximum Gasteiger partial charge on any atom is 0.404 e. The number of carbonyl (C=O) groups is 1. The molecule has 0 saturated heterocycles. The summed E-state index contributed by atoms with van der Waals surface area (Å²) in [5.74, 6) is 0. The van der Waals surface area contributed by atoms with E-state index in [-0.39, 0.29) is 26.4 Å². The molecule has 0 bridgehead atoms. The minimum absolute atomic E-state index is 0.0743. The van der Waals surface area contributed by atoms with Gasteiger partial charge in [0.2, 0.25) is 0 Å². The average molecular weight is 296 g/mol. The van der Waals surface area contributed by atoms with Gasteiger partial charge in [-0.2, -0.15) is 0 Å². The second-order valence-corrected chi connectivity index (χ2v) is 4.55. The van der Waals surface area contributed by atoms with Gasteiger partial charge in [0.1, 0.15) is 12.8 Å². The molecule has 0 aliphatic heterocycles. The van der Waals surface area contributed by atoms with Crippen molar-refractivity contribution in [2.24, 2.45) is 11.5 Å². The predicted octanol–water partition coefficient (Wildman–Crippen LogP) is 0.207. The van der Waals surface area contributed by atoms with Gasteiger partial charge in [0, 0.05) is 6.54 Å². The van der Waals surface area contributed by atoms with E-state index in [4.69, 9.17) is 25.7 Å². The van der Waals surface area contributed by atoms with Gasteiger partial charge in [0.05, 0.1) is 38.6 Å². The van der Waals surface area contributed by atoms with Crippen molar-refractivity contribution in [3.63, 3.8) is 0 Å². The Bertz CT molecular complexity index is 266. The summed E-state index contributed by atoms with van der Waals surface area (Å²) in [7, 11) is 0. The van der Waals surface area contributed by atoms with E-state index in [0.29, 0.717) is 19.8 Å². The average Bonchev–Trinajstić information content (AvgIpc) is 2.39. The van der Waals surface area contributed by atoms with E-state index in [1.807, 2.05) is 0 Å². The van der Waals surface area contributed by atoms with Crippen LogP contribution in [0, 0.1) is 0 Å². The zero-order chi connectivity index (χ0) is 15.4. The fraction of sp³-hybridized carbons (Fsp3) is 0.917. The molecule has 0 radical (unpaired) electrons. The van der Waals surface area contributed by atoms with Gasteiger partial charge >= 0.3 is 6.09 Å². The third kappa shape index (κ3) is 9.90. The number of alkyl halides is 1. The van der Waals surface area contributed by atoms with Crippen LogP contribution >= 0.6 is 0 Å². The van der Waals surface area contributed by atoms with E-state index in [0.717, 1.165) is 0 Å². The van der Waals surface area contributed by atoms with Crippen molar-refractivity contribution in [1.82, 2.24) is 0 Å². The third-order valence-electron chi connectivity index (χ3n) is 2.51. The fourth-order valence-corrected chi connectivity index (χ4v) is 1.26. The molecule has 20 heavy (non-hydrogen) atoms. The molecule has 0 aliphatic carbocycles. The first kappa shape index (κ1) is 19.0. The Hall–Kier alpha value is -0.960. The number of hydrogen-bond acceptors (Lipinski definition) is 6. The summed E-state index contributed by atoms with van der Waals surface area (Å²) < 4.78 is 33.5. The number of hydrogen-bond donors (Lipinski definition) is 2. The first-order valence-corrected chi connectivity index (χ1v) is 6.46. The minimum atomic E-state index is -1.21. The number of primary amides is 1. The standard InChI is InChI=1S/C12H25FN2O5/c1-12(2,10(13)9-14)20-8-6-18-4-3-17-5-7-19-11(15)16/h10H,3-9,14H2,1-2H3,(H2,15,16). The number of ether oxygens (including phenoxy) is 4. The Labute approximate surface area is 118 Å². The van der Waals surface area contributed by atoms with Crippen LogP contribution in [-0.4, -0.2) is 64.1 Å². The van der Waals surface area contributed by atoms with Crippen molar-refractivity contribution < 1.29 is 28.1 Å². The lowest BCUT2D eigenvalue weighted by atomic mass is 10.0. The first-order chi connectivity index (χ1) is 9.40. The minimum Gasteiger partial charge on any atom is -0.447 e. The second-order valence-electron chi connectivity index (χ2n) is 4.55. The molecule has 8 heteroatoms. The normalized spacial score (nSPS) is 13.2. The molecule has 120 valence electrons. The van der Waals surface area contributed by atoms with Crippen LogP contribution in [0.15, 0.2) is 0 Å². The number of nitrogens with two attached hydrogens (primary N) is 2. The van der Waals surface area contributed by atoms with Gasteiger partial charge in [0.25, 0.3) is 0 Å².